The summed E-state index contributed by atoms with van der Waals surface area (Å²) in [6.45, 7) is 6.30. The lowest BCUT2D eigenvalue weighted by molar-refractivity contribution is -0.154. The van der Waals surface area contributed by atoms with Gasteiger partial charge in [0.1, 0.15) is 0 Å². The first-order valence-electron chi connectivity index (χ1n) is 11.9. The number of aryl methyl sites for hydroxylation is 1. The summed E-state index contributed by atoms with van der Waals surface area (Å²) in [6, 6.07) is 7.88. The van der Waals surface area contributed by atoms with Crippen LogP contribution in [0.1, 0.15) is 50.2 Å². The van der Waals surface area contributed by atoms with E-state index in [1.165, 1.54) is 0 Å². The molecule has 0 bridgehead atoms. The summed E-state index contributed by atoms with van der Waals surface area (Å²) in [7, 11) is 0. The van der Waals surface area contributed by atoms with Gasteiger partial charge in [-0.05, 0) is 25.8 Å². The van der Waals surface area contributed by atoms with Crippen LogP contribution in [0.4, 0.5) is 0 Å². The molecule has 0 amide bonds. The number of nitrogens with one attached hydrogen (secondary N) is 1. The molecule has 0 unspecified atom stereocenters. The van der Waals surface area contributed by atoms with Gasteiger partial charge in [0.2, 0.25) is 0 Å². The normalized spacial score (nSPS) is 26.1. The Hall–Kier alpha value is -2.19. The Bertz CT molecular complexity index is 1020. The highest BCUT2D eigenvalue weighted by Gasteiger charge is 2.64. The van der Waals surface area contributed by atoms with E-state index in [0.29, 0.717) is 17.8 Å². The summed E-state index contributed by atoms with van der Waals surface area (Å²) in [4.78, 5) is 40.6. The van der Waals surface area contributed by atoms with Crippen LogP contribution in [-0.2, 0) is 23.9 Å². The molecule has 3 aliphatic rings. The third kappa shape index (κ3) is 4.42. The number of thioether (sulfide) groups is 2. The van der Waals surface area contributed by atoms with Crippen molar-refractivity contribution >= 4 is 41.2 Å². The fourth-order valence-corrected chi connectivity index (χ4v) is 7.57. The largest absolute Gasteiger partial charge is 0.464 e. The number of Topliss-reactive ketones (excluding diaryl/α,β-unsaturated/α-hetero) is 1. The Kier molecular flexibility index (Phi) is 7.77. The SMILES string of the molecule is CCCCOC(=O)C1=CN[C@]2(C(=O)OCC)[C@H]1C(=C1SCCS1)C(=O)C[C@@H]2c1ccc(C)cc1. The van der Waals surface area contributed by atoms with Gasteiger partial charge in [0, 0.05) is 39.9 Å². The molecule has 1 saturated heterocycles. The van der Waals surface area contributed by atoms with Crippen LogP contribution in [-0.4, -0.2) is 48.0 Å². The molecule has 1 aromatic carbocycles. The first-order chi connectivity index (χ1) is 16.4. The zero-order valence-corrected chi connectivity index (χ0v) is 21.5. The van der Waals surface area contributed by atoms with Gasteiger partial charge in [-0.2, -0.15) is 0 Å². The molecule has 2 heterocycles. The summed E-state index contributed by atoms with van der Waals surface area (Å²) in [5.74, 6) is -0.417. The minimum atomic E-state index is -1.29. The van der Waals surface area contributed by atoms with E-state index in [2.05, 4.69) is 5.32 Å². The summed E-state index contributed by atoms with van der Waals surface area (Å²) in [5.41, 5.74) is 1.54. The Morgan fingerprint density at radius 3 is 2.47 bits per heavy atom. The number of carbonyl (C=O) groups excluding carboxylic acids is 3. The molecule has 0 spiro atoms. The van der Waals surface area contributed by atoms with Crippen molar-refractivity contribution in [3.05, 3.63) is 57.0 Å². The van der Waals surface area contributed by atoms with Crippen molar-refractivity contribution in [3.63, 3.8) is 0 Å². The summed E-state index contributed by atoms with van der Waals surface area (Å²) < 4.78 is 12.1. The van der Waals surface area contributed by atoms with Gasteiger partial charge in [0.05, 0.1) is 24.7 Å². The molecule has 2 aliphatic heterocycles. The van der Waals surface area contributed by atoms with E-state index in [1.54, 1.807) is 36.6 Å². The molecule has 0 aromatic heterocycles. The average Bonchev–Trinajstić information content (AvgIpc) is 3.49. The number of rotatable bonds is 7. The van der Waals surface area contributed by atoms with E-state index in [9.17, 15) is 14.4 Å². The summed E-state index contributed by atoms with van der Waals surface area (Å²) >= 11 is 3.24. The lowest BCUT2D eigenvalue weighted by Gasteiger charge is -2.45. The lowest BCUT2D eigenvalue weighted by Crippen LogP contribution is -2.61. The second-order valence-electron chi connectivity index (χ2n) is 8.74. The van der Waals surface area contributed by atoms with E-state index in [1.807, 2.05) is 38.1 Å². The molecule has 1 aromatic rings. The maximum absolute atomic E-state index is 13.7. The van der Waals surface area contributed by atoms with Crippen LogP contribution in [0.25, 0.3) is 0 Å². The van der Waals surface area contributed by atoms with Gasteiger partial charge in [0.15, 0.2) is 11.3 Å². The van der Waals surface area contributed by atoms with Crippen LogP contribution in [0, 0.1) is 12.8 Å². The van der Waals surface area contributed by atoms with Crippen LogP contribution in [0.3, 0.4) is 0 Å². The maximum atomic E-state index is 13.7. The van der Waals surface area contributed by atoms with Crippen molar-refractivity contribution in [1.29, 1.82) is 0 Å². The quantitative estimate of drug-likeness (QED) is 0.333. The van der Waals surface area contributed by atoms with Gasteiger partial charge in [0.25, 0.3) is 0 Å². The van der Waals surface area contributed by atoms with E-state index in [0.717, 1.165) is 39.7 Å². The molecule has 0 radical (unpaired) electrons. The standard InChI is InChI=1S/C26H31NO5S2/c1-4-6-11-32-23(29)18-15-27-26(25(30)31-5-2)19(17-9-7-16(3)8-10-17)14-20(28)21(22(18)26)24-33-12-13-34-24/h7-10,15,19,22,27H,4-6,11-14H2,1-3H3/t19-,22-,26+/m1/s1. The molecule has 34 heavy (non-hydrogen) atoms. The predicted molar refractivity (Wildman–Crippen MR) is 135 cm³/mol. The number of hydrogen-bond donors (Lipinski definition) is 1. The van der Waals surface area contributed by atoms with Gasteiger partial charge in [-0.3, -0.25) is 4.79 Å². The topological polar surface area (TPSA) is 81.7 Å². The zero-order valence-electron chi connectivity index (χ0n) is 19.8. The van der Waals surface area contributed by atoms with Gasteiger partial charge in [-0.15, -0.1) is 23.5 Å². The molecule has 3 atom stereocenters. The first kappa shape index (κ1) is 24.9. The van der Waals surface area contributed by atoms with Crippen LogP contribution >= 0.6 is 23.5 Å². The van der Waals surface area contributed by atoms with Crippen molar-refractivity contribution in [2.24, 2.45) is 5.92 Å². The Morgan fingerprint density at radius 2 is 1.82 bits per heavy atom. The minimum Gasteiger partial charge on any atom is -0.464 e. The van der Waals surface area contributed by atoms with Crippen molar-refractivity contribution in [1.82, 2.24) is 5.32 Å². The van der Waals surface area contributed by atoms with E-state index in [4.69, 9.17) is 9.47 Å². The lowest BCUT2D eigenvalue weighted by atomic mass is 9.61. The molecule has 1 aliphatic carbocycles. The number of carbonyl (C=O) groups is 3. The molecular formula is C26H31NO5S2. The first-order valence-corrected chi connectivity index (χ1v) is 13.8. The molecule has 4 rings (SSSR count). The van der Waals surface area contributed by atoms with Crippen molar-refractivity contribution in [2.75, 3.05) is 24.7 Å². The van der Waals surface area contributed by atoms with E-state index < -0.39 is 29.3 Å². The van der Waals surface area contributed by atoms with Crippen LogP contribution < -0.4 is 5.32 Å². The number of hydrogen-bond acceptors (Lipinski definition) is 8. The van der Waals surface area contributed by atoms with E-state index >= 15 is 0 Å². The Labute approximate surface area is 209 Å². The second-order valence-corrected chi connectivity index (χ2v) is 11.2. The van der Waals surface area contributed by atoms with Gasteiger partial charge in [-0.25, -0.2) is 9.59 Å². The summed E-state index contributed by atoms with van der Waals surface area (Å²) in [6.07, 6.45) is 3.40. The van der Waals surface area contributed by atoms with Crippen LogP contribution in [0.15, 0.2) is 45.8 Å². The molecule has 1 N–H and O–H groups in total. The van der Waals surface area contributed by atoms with Gasteiger partial charge >= 0.3 is 11.9 Å². The second kappa shape index (κ2) is 10.6. The number of unbranched alkanes of at least 4 members (excludes halogenated alkanes) is 1. The third-order valence-electron chi connectivity index (χ3n) is 6.59. The summed E-state index contributed by atoms with van der Waals surface area (Å²) in [5, 5.41) is 3.27. The van der Waals surface area contributed by atoms with E-state index in [-0.39, 0.29) is 18.8 Å². The van der Waals surface area contributed by atoms with Crippen LogP contribution in [0.5, 0.6) is 0 Å². The van der Waals surface area contributed by atoms with Crippen LogP contribution in [0.2, 0.25) is 0 Å². The van der Waals surface area contributed by atoms with Crippen molar-refractivity contribution < 1.29 is 23.9 Å². The smallest absolute Gasteiger partial charge is 0.336 e. The molecule has 1 saturated carbocycles. The predicted octanol–water partition coefficient (Wildman–Crippen LogP) is 4.49. The molecular weight excluding hydrogens is 470 g/mol. The molecule has 182 valence electrons. The number of ketones is 1. The average molecular weight is 502 g/mol. The molecule has 8 heteroatoms. The maximum Gasteiger partial charge on any atom is 0.336 e. The minimum absolute atomic E-state index is 0.0247. The Morgan fingerprint density at radius 1 is 1.12 bits per heavy atom. The Balaban J connectivity index is 1.86. The monoisotopic (exact) mass is 501 g/mol. The zero-order chi connectivity index (χ0) is 24.3. The van der Waals surface area contributed by atoms with Crippen molar-refractivity contribution in [3.8, 4) is 0 Å². The van der Waals surface area contributed by atoms with Crippen molar-refractivity contribution in [2.45, 2.75) is 51.5 Å². The number of ether oxygens (including phenoxy) is 2. The highest BCUT2D eigenvalue weighted by atomic mass is 32.2. The number of esters is 2. The fraction of sp³-hybridized carbons (Fsp3) is 0.500. The molecule has 6 nitrogen and oxygen atoms in total. The molecule has 2 fully saturated rings. The number of benzene rings is 1. The highest BCUT2D eigenvalue weighted by Crippen LogP contribution is 2.55. The number of fused-ring (bicyclic) bond motifs is 1. The fourth-order valence-electron chi connectivity index (χ4n) is 4.93. The van der Waals surface area contributed by atoms with Gasteiger partial charge < -0.3 is 14.8 Å². The third-order valence-corrected chi connectivity index (χ3v) is 9.34. The highest BCUT2D eigenvalue weighted by molar-refractivity contribution is 8.25. The van der Waals surface area contributed by atoms with Gasteiger partial charge in [-0.1, -0.05) is 43.2 Å².